The average Bonchev–Trinajstić information content (AvgIpc) is 3.28. The molecule has 22 heavy (non-hydrogen) atoms. The van der Waals surface area contributed by atoms with Crippen molar-refractivity contribution in [3.8, 4) is 11.3 Å². The summed E-state index contributed by atoms with van der Waals surface area (Å²) in [5.74, 6) is 0.824. The van der Waals surface area contributed by atoms with Crippen molar-refractivity contribution in [2.24, 2.45) is 5.92 Å². The summed E-state index contributed by atoms with van der Waals surface area (Å²) in [5, 5.41) is 4.56. The highest BCUT2D eigenvalue weighted by Gasteiger charge is 2.29. The summed E-state index contributed by atoms with van der Waals surface area (Å²) in [7, 11) is 0. The van der Waals surface area contributed by atoms with E-state index in [1.54, 1.807) is 6.20 Å². The number of carbonyl (C=O) groups excluding carboxylic acids is 1. The van der Waals surface area contributed by atoms with Crippen LogP contribution in [0.1, 0.15) is 12.8 Å². The van der Waals surface area contributed by atoms with E-state index in [-0.39, 0.29) is 11.8 Å². The Labute approximate surface area is 132 Å². The lowest BCUT2D eigenvalue weighted by molar-refractivity contribution is -0.117. The molecular formula is C17H14ClN3O. The second-order valence-electron chi connectivity index (χ2n) is 5.58. The number of benzene rings is 1. The molecule has 4 rings (SSSR count). The average molecular weight is 312 g/mol. The Morgan fingerprint density at radius 2 is 2.09 bits per heavy atom. The van der Waals surface area contributed by atoms with E-state index in [0.29, 0.717) is 10.8 Å². The molecule has 1 aromatic carbocycles. The van der Waals surface area contributed by atoms with E-state index in [1.807, 2.05) is 36.4 Å². The van der Waals surface area contributed by atoms with E-state index in [0.717, 1.165) is 35.0 Å². The SMILES string of the molecule is O=C(Nc1cc2cc(-c3ccccc3Cl)[nH]c2cn1)C1CC1. The Bertz CT molecular complexity index is 867. The summed E-state index contributed by atoms with van der Waals surface area (Å²) < 4.78 is 0. The largest absolute Gasteiger partial charge is 0.353 e. The second kappa shape index (κ2) is 5.14. The van der Waals surface area contributed by atoms with Crippen LogP contribution in [0.3, 0.4) is 0 Å². The van der Waals surface area contributed by atoms with Gasteiger partial charge in [-0.2, -0.15) is 0 Å². The maximum atomic E-state index is 11.8. The first-order valence-electron chi connectivity index (χ1n) is 7.25. The Kier molecular flexibility index (Phi) is 3.12. The van der Waals surface area contributed by atoms with Gasteiger partial charge < -0.3 is 10.3 Å². The fourth-order valence-electron chi connectivity index (χ4n) is 2.50. The van der Waals surface area contributed by atoms with Crippen molar-refractivity contribution in [2.75, 3.05) is 5.32 Å². The molecular weight excluding hydrogens is 298 g/mol. The van der Waals surface area contributed by atoms with Crippen LogP contribution in [0, 0.1) is 5.92 Å². The molecule has 1 aliphatic carbocycles. The number of nitrogens with zero attached hydrogens (tertiary/aromatic N) is 1. The molecule has 1 amide bonds. The van der Waals surface area contributed by atoms with Crippen LogP contribution in [-0.4, -0.2) is 15.9 Å². The van der Waals surface area contributed by atoms with E-state index >= 15 is 0 Å². The fourth-order valence-corrected chi connectivity index (χ4v) is 2.74. The summed E-state index contributed by atoms with van der Waals surface area (Å²) in [6.45, 7) is 0. The van der Waals surface area contributed by atoms with Gasteiger partial charge in [-0.25, -0.2) is 4.98 Å². The number of pyridine rings is 1. The Balaban J connectivity index is 1.68. The van der Waals surface area contributed by atoms with Crippen LogP contribution in [-0.2, 0) is 4.79 Å². The highest BCUT2D eigenvalue weighted by molar-refractivity contribution is 6.33. The van der Waals surface area contributed by atoms with E-state index in [1.165, 1.54) is 0 Å². The number of nitrogens with one attached hydrogen (secondary N) is 2. The molecule has 1 saturated carbocycles. The van der Waals surface area contributed by atoms with Gasteiger partial charge in [-0.1, -0.05) is 29.8 Å². The monoisotopic (exact) mass is 311 g/mol. The zero-order valence-corrected chi connectivity index (χ0v) is 12.5. The van der Waals surface area contributed by atoms with Crippen molar-refractivity contribution in [1.82, 2.24) is 9.97 Å². The van der Waals surface area contributed by atoms with Crippen molar-refractivity contribution >= 4 is 34.2 Å². The molecule has 110 valence electrons. The quantitative estimate of drug-likeness (QED) is 0.760. The van der Waals surface area contributed by atoms with Crippen LogP contribution in [0.25, 0.3) is 22.2 Å². The lowest BCUT2D eigenvalue weighted by atomic mass is 10.1. The number of anilines is 1. The Morgan fingerprint density at radius 1 is 1.27 bits per heavy atom. The van der Waals surface area contributed by atoms with Gasteiger partial charge >= 0.3 is 0 Å². The van der Waals surface area contributed by atoms with Gasteiger partial charge in [-0.3, -0.25) is 4.79 Å². The molecule has 0 bridgehead atoms. The maximum absolute atomic E-state index is 11.8. The number of rotatable bonds is 3. The van der Waals surface area contributed by atoms with Gasteiger partial charge in [0, 0.05) is 27.6 Å². The van der Waals surface area contributed by atoms with Crippen LogP contribution in [0.4, 0.5) is 5.82 Å². The zero-order chi connectivity index (χ0) is 15.1. The summed E-state index contributed by atoms with van der Waals surface area (Å²) >= 11 is 6.24. The number of H-pyrrole nitrogens is 1. The normalized spacial score (nSPS) is 14.2. The van der Waals surface area contributed by atoms with E-state index in [4.69, 9.17) is 11.6 Å². The van der Waals surface area contributed by atoms with Crippen LogP contribution in [0.15, 0.2) is 42.6 Å². The Hall–Kier alpha value is -2.33. The van der Waals surface area contributed by atoms with Crippen molar-refractivity contribution in [3.05, 3.63) is 47.6 Å². The van der Waals surface area contributed by atoms with Gasteiger partial charge in [0.1, 0.15) is 5.82 Å². The first kappa shape index (κ1) is 13.3. The van der Waals surface area contributed by atoms with Crippen molar-refractivity contribution in [1.29, 1.82) is 0 Å². The number of carbonyl (C=O) groups is 1. The molecule has 0 spiro atoms. The molecule has 1 fully saturated rings. The third kappa shape index (κ3) is 2.46. The molecule has 5 heteroatoms. The standard InChI is InChI=1S/C17H14ClN3O/c18-13-4-2-1-3-12(13)14-7-11-8-16(19-9-15(11)20-14)21-17(22)10-5-6-10/h1-4,7-10,20H,5-6H2,(H,19,21,22). The van der Waals surface area contributed by atoms with Crippen LogP contribution in [0.2, 0.25) is 5.02 Å². The zero-order valence-electron chi connectivity index (χ0n) is 11.8. The third-order valence-electron chi connectivity index (χ3n) is 3.87. The molecule has 1 aliphatic rings. The number of aromatic nitrogens is 2. The first-order valence-corrected chi connectivity index (χ1v) is 7.63. The smallest absolute Gasteiger partial charge is 0.228 e. The van der Waals surface area contributed by atoms with Gasteiger partial charge in [0.25, 0.3) is 0 Å². The summed E-state index contributed by atoms with van der Waals surface area (Å²) in [4.78, 5) is 19.4. The van der Waals surface area contributed by atoms with Gasteiger partial charge in [-0.05, 0) is 31.0 Å². The Morgan fingerprint density at radius 3 is 2.86 bits per heavy atom. The van der Waals surface area contributed by atoms with Gasteiger partial charge in [0.05, 0.1) is 11.7 Å². The number of fused-ring (bicyclic) bond motifs is 1. The minimum atomic E-state index is 0.0636. The number of amides is 1. The molecule has 4 nitrogen and oxygen atoms in total. The first-order chi connectivity index (χ1) is 10.7. The van der Waals surface area contributed by atoms with Gasteiger partial charge in [0.2, 0.25) is 5.91 Å². The summed E-state index contributed by atoms with van der Waals surface area (Å²) in [6, 6.07) is 11.6. The van der Waals surface area contributed by atoms with Crippen molar-refractivity contribution in [3.63, 3.8) is 0 Å². The second-order valence-corrected chi connectivity index (χ2v) is 5.99. The van der Waals surface area contributed by atoms with E-state index in [9.17, 15) is 4.79 Å². The highest BCUT2D eigenvalue weighted by Crippen LogP contribution is 2.32. The minimum Gasteiger partial charge on any atom is -0.353 e. The van der Waals surface area contributed by atoms with Crippen molar-refractivity contribution in [2.45, 2.75) is 12.8 Å². The number of hydrogen-bond acceptors (Lipinski definition) is 2. The molecule has 0 radical (unpaired) electrons. The topological polar surface area (TPSA) is 57.8 Å². The van der Waals surface area contributed by atoms with Crippen molar-refractivity contribution < 1.29 is 4.79 Å². The predicted octanol–water partition coefficient (Wildman–Crippen LogP) is 4.23. The minimum absolute atomic E-state index is 0.0636. The molecule has 3 aromatic rings. The molecule has 0 aliphatic heterocycles. The molecule has 0 atom stereocenters. The predicted molar refractivity (Wildman–Crippen MR) is 87.9 cm³/mol. The maximum Gasteiger partial charge on any atom is 0.228 e. The van der Waals surface area contributed by atoms with Gasteiger partial charge in [0.15, 0.2) is 0 Å². The van der Waals surface area contributed by atoms with Gasteiger partial charge in [-0.15, -0.1) is 0 Å². The lowest BCUT2D eigenvalue weighted by Crippen LogP contribution is -2.14. The molecule has 2 aromatic heterocycles. The number of aromatic amines is 1. The van der Waals surface area contributed by atoms with Crippen LogP contribution in [0.5, 0.6) is 0 Å². The van der Waals surface area contributed by atoms with Crippen LogP contribution >= 0.6 is 11.6 Å². The molecule has 2 heterocycles. The highest BCUT2D eigenvalue weighted by atomic mass is 35.5. The lowest BCUT2D eigenvalue weighted by Gasteiger charge is -2.02. The molecule has 0 unspecified atom stereocenters. The number of hydrogen-bond donors (Lipinski definition) is 2. The van der Waals surface area contributed by atoms with E-state index < -0.39 is 0 Å². The third-order valence-corrected chi connectivity index (χ3v) is 4.20. The fraction of sp³-hybridized carbons (Fsp3) is 0.176. The number of halogens is 1. The summed E-state index contributed by atoms with van der Waals surface area (Å²) in [6.07, 6.45) is 3.70. The van der Waals surface area contributed by atoms with E-state index in [2.05, 4.69) is 15.3 Å². The molecule has 2 N–H and O–H groups in total. The van der Waals surface area contributed by atoms with Crippen LogP contribution < -0.4 is 5.32 Å². The molecule has 0 saturated heterocycles. The summed E-state index contributed by atoms with van der Waals surface area (Å²) in [5.41, 5.74) is 2.80.